The smallest absolute Gasteiger partial charge is 0.215 e. The van der Waals surface area contributed by atoms with Crippen LogP contribution in [0, 0.1) is 48.5 Å². The number of aromatic nitrogens is 7. The first-order valence-corrected chi connectivity index (χ1v) is 36.1. The van der Waals surface area contributed by atoms with Gasteiger partial charge in [-0.15, -0.1) is 32.9 Å². The predicted octanol–water partition coefficient (Wildman–Crippen LogP) is 21.6. The Labute approximate surface area is 593 Å². The molecule has 4 aliphatic rings. The van der Waals surface area contributed by atoms with Gasteiger partial charge in [0.2, 0.25) is 5.69 Å². The minimum Gasteiger partial charge on any atom is -0.441 e. The second-order valence-corrected chi connectivity index (χ2v) is 30.3. The molecule has 2 unspecified atom stereocenters. The molecule has 14 heteroatoms. The van der Waals surface area contributed by atoms with Gasteiger partial charge in [0.15, 0.2) is 23.4 Å². The number of likely N-dealkylation sites (N-methyl/N-ethyl adjacent to an activating group) is 1. The fourth-order valence-electron chi connectivity index (χ4n) is 12.2. The molecule has 98 heavy (non-hydrogen) atoms. The molecule has 4 aliphatic heterocycles. The fourth-order valence-corrected chi connectivity index (χ4v) is 14.9. The Morgan fingerprint density at radius 1 is 0.531 bits per heavy atom. The van der Waals surface area contributed by atoms with Crippen LogP contribution < -0.4 is 14.4 Å². The Bertz CT molecular complexity index is 4620. The molecule has 13 aromatic rings. The van der Waals surface area contributed by atoms with Crippen LogP contribution in [-0.4, -0.2) is 60.9 Å². The van der Waals surface area contributed by atoms with Gasteiger partial charge in [0.1, 0.15) is 15.5 Å². The van der Waals surface area contributed by atoms with Gasteiger partial charge in [0.05, 0.1) is 42.9 Å². The lowest BCUT2D eigenvalue weighted by atomic mass is 9.81. The Morgan fingerprint density at radius 2 is 1.13 bits per heavy atom. The molecular weight excluding hydrogens is 1260 g/mol. The van der Waals surface area contributed by atoms with Gasteiger partial charge < -0.3 is 14.2 Å². The third-order valence-electron chi connectivity index (χ3n) is 18.3. The van der Waals surface area contributed by atoms with Gasteiger partial charge in [-0.05, 0) is 178 Å². The number of hydrogen-bond acceptors (Lipinski definition) is 13. The van der Waals surface area contributed by atoms with Gasteiger partial charge in [-0.2, -0.15) is 4.57 Å². The number of benzene rings is 7. The van der Waals surface area contributed by atoms with Gasteiger partial charge in [-0.1, -0.05) is 155 Å². The molecule has 0 bridgehead atoms. The lowest BCUT2D eigenvalue weighted by molar-refractivity contribution is -0.599. The van der Waals surface area contributed by atoms with Crippen LogP contribution in [0.1, 0.15) is 129 Å². The summed E-state index contributed by atoms with van der Waals surface area (Å²) in [6, 6.07) is 71.4. The number of hydrogen-bond donors (Lipinski definition) is 0. The average Bonchev–Trinajstić information content (AvgIpc) is 1.59. The van der Waals surface area contributed by atoms with E-state index in [0.717, 1.165) is 61.0 Å². The van der Waals surface area contributed by atoms with E-state index in [-0.39, 0.29) is 16.2 Å². The first-order valence-electron chi connectivity index (χ1n) is 33.6. The van der Waals surface area contributed by atoms with Crippen LogP contribution in [0.5, 0.6) is 0 Å². The average molecular weight is 1360 g/mol. The van der Waals surface area contributed by atoms with Crippen LogP contribution in [0.25, 0.3) is 37.9 Å². The van der Waals surface area contributed by atoms with E-state index in [9.17, 15) is 0 Å². The van der Waals surface area contributed by atoms with E-state index in [1.165, 1.54) is 71.3 Å². The van der Waals surface area contributed by atoms with E-state index >= 15 is 0 Å². The number of oxazole rings is 1. The zero-order valence-electron chi connectivity index (χ0n) is 60.3. The van der Waals surface area contributed by atoms with E-state index in [0.29, 0.717) is 11.4 Å². The predicted molar refractivity (Wildman–Crippen MR) is 417 cm³/mol. The van der Waals surface area contributed by atoms with Gasteiger partial charge in [0.25, 0.3) is 0 Å². The number of rotatable bonds is 1. The molecule has 0 saturated heterocycles. The normalized spacial score (nSPS) is 15.3. The van der Waals surface area contributed by atoms with Gasteiger partial charge in [-0.3, -0.25) is 15.0 Å². The van der Waals surface area contributed by atoms with Crippen molar-refractivity contribution in [3.05, 3.63) is 285 Å². The molecule has 0 spiro atoms. The topological polar surface area (TPSA) is 113 Å². The molecule has 7 aromatic carbocycles. The monoisotopic (exact) mass is 1360 g/mol. The number of para-hydroxylation sites is 8. The fraction of sp³-hybridized carbons (Fsp3) is 0.286. The highest BCUT2D eigenvalue weighted by Crippen LogP contribution is 2.45. The Balaban J connectivity index is 0.000000130. The van der Waals surface area contributed by atoms with Crippen molar-refractivity contribution in [1.82, 2.24) is 30.1 Å². The zero-order valence-corrected chi connectivity index (χ0v) is 62.8. The number of thioether (sulfide) groups is 1. The second kappa shape index (κ2) is 32.9. The van der Waals surface area contributed by atoms with E-state index in [2.05, 4.69) is 261 Å². The van der Waals surface area contributed by atoms with E-state index < -0.39 is 0 Å². The number of thiazole rings is 1. The zero-order chi connectivity index (χ0) is 70.3. The summed E-state index contributed by atoms with van der Waals surface area (Å²) < 4.78 is 8.84. The maximum absolute atomic E-state index is 5.26. The Kier molecular flexibility index (Phi) is 24.5. The first kappa shape index (κ1) is 73.0. The maximum Gasteiger partial charge on any atom is 0.215 e. The highest BCUT2D eigenvalue weighted by atomic mass is 32.2. The first-order chi connectivity index (χ1) is 46.9. The summed E-state index contributed by atoms with van der Waals surface area (Å²) >= 11 is 5.31. The number of nitrogens with zero attached hydrogens (tertiary/aromatic N) is 10. The molecule has 0 amide bonds. The van der Waals surface area contributed by atoms with Crippen molar-refractivity contribution in [3.8, 4) is 5.69 Å². The molecule has 0 radical (unpaired) electrons. The molecule has 0 fully saturated rings. The Hall–Kier alpha value is -9.21. The van der Waals surface area contributed by atoms with Crippen molar-refractivity contribution < 1.29 is 8.98 Å². The van der Waals surface area contributed by atoms with Gasteiger partial charge >= 0.3 is 0 Å². The van der Waals surface area contributed by atoms with Crippen LogP contribution in [0.3, 0.4) is 0 Å². The summed E-state index contributed by atoms with van der Waals surface area (Å²) in [7, 11) is 2.18. The van der Waals surface area contributed by atoms with E-state index in [1.54, 1.807) is 28.9 Å². The molecule has 0 saturated carbocycles. The van der Waals surface area contributed by atoms with Crippen LogP contribution in [0.4, 0.5) is 17.1 Å². The van der Waals surface area contributed by atoms with Crippen molar-refractivity contribution in [3.63, 3.8) is 0 Å². The van der Waals surface area contributed by atoms with Crippen LogP contribution in [0.15, 0.2) is 239 Å². The lowest BCUT2D eigenvalue weighted by Gasteiger charge is -2.28. The maximum atomic E-state index is 5.26. The summed E-state index contributed by atoms with van der Waals surface area (Å²) in [4.78, 5) is 27.4. The summed E-state index contributed by atoms with van der Waals surface area (Å²) in [5, 5.41) is 12.6. The molecule has 0 N–H and O–H groups in total. The molecule has 2 atom stereocenters. The van der Waals surface area contributed by atoms with Crippen molar-refractivity contribution in [2.45, 2.75) is 150 Å². The van der Waals surface area contributed by atoms with Crippen LogP contribution in [-0.2, 0) is 16.2 Å². The summed E-state index contributed by atoms with van der Waals surface area (Å²) in [6.07, 6.45) is 5.81. The molecule has 11 nitrogen and oxygen atoms in total. The van der Waals surface area contributed by atoms with Crippen LogP contribution in [0.2, 0.25) is 0 Å². The largest absolute Gasteiger partial charge is 0.441 e. The van der Waals surface area contributed by atoms with Crippen molar-refractivity contribution >= 4 is 89.4 Å². The quantitative estimate of drug-likeness (QED) is 0.147. The third kappa shape index (κ3) is 17.7. The highest BCUT2D eigenvalue weighted by molar-refractivity contribution is 8.00. The SMILES string of the molecule is CC1=Nc2ccccc2C1(C)C.CC1N(C)c2ccccc2C1(C)C.CCN1c2ccccc2SC1C.Cc1cc[n+]2c(c1)C(C)(C)c1ccccc1-2.Cc1ccccn1.Cc1ccnc2ccccc12.Cc1nc2ccccc2o1.Cc1nc2ccccc2s1.Cc1nnc(C)s1. The van der Waals surface area contributed by atoms with Gasteiger partial charge in [0, 0.05) is 101 Å². The highest BCUT2D eigenvalue weighted by Gasteiger charge is 2.43. The molecule has 17 rings (SSSR count). The summed E-state index contributed by atoms with van der Waals surface area (Å²) in [5.41, 5.74) is 20.3. The minimum atomic E-state index is 0.114. The molecular formula is C84H95N10OS3+. The second-order valence-electron chi connectivity index (χ2n) is 26.3. The molecule has 6 aromatic heterocycles. The van der Waals surface area contributed by atoms with Crippen molar-refractivity contribution in [2.24, 2.45) is 4.99 Å². The van der Waals surface area contributed by atoms with E-state index in [1.807, 2.05) is 144 Å². The van der Waals surface area contributed by atoms with Crippen molar-refractivity contribution in [1.29, 1.82) is 0 Å². The summed E-state index contributed by atoms with van der Waals surface area (Å²) in [6.45, 7) is 37.6. The number of anilines is 2. The molecule has 10 heterocycles. The number of aliphatic imine (C=N–C) groups is 1. The van der Waals surface area contributed by atoms with Crippen molar-refractivity contribution in [2.75, 3.05) is 23.4 Å². The Morgan fingerprint density at radius 3 is 1.76 bits per heavy atom. The number of aryl methyl sites for hydroxylation is 7. The number of fused-ring (bicyclic) bond motifs is 9. The summed E-state index contributed by atoms with van der Waals surface area (Å²) in [5.74, 6) is 0.723. The standard InChI is InChI=1S/C15H16N.C12H17N.C11H13N.C10H13NS.C10H9N.C8H7NO.C8H7NS.C6H7N.C4H6N2S/c1-11-8-9-16-13-7-5-4-6-12(13)15(2,3)14(16)10-11;1-9-12(2,3)10-7-5-6-8-11(10)13(9)4;1-8-11(2,3)9-6-4-5-7-10(9)12-8;1-3-11-8(2)12-10-7-5-4-6-9(10)11;1-8-6-7-11-10-5-3-2-4-9(8)10;2*1-6-9-7-4-2-3-5-8(7)10-6;1-6-4-2-3-5-7-6;1-3-5-6-4(2)7-3/h4-10H,1-3H3;5-9H,1-4H3;4-7H,1-3H3;4-8H,3H2,1-2H3;2-7H,1H3;2*2-5H,1H3;2-5H,1H3;1-2H3/q+1;;;;;;;;. The molecule has 0 aliphatic carbocycles. The van der Waals surface area contributed by atoms with E-state index in [4.69, 9.17) is 4.42 Å². The lowest BCUT2D eigenvalue weighted by Crippen LogP contribution is -2.36. The van der Waals surface area contributed by atoms with Crippen LogP contribution >= 0.6 is 34.4 Å². The third-order valence-corrected chi connectivity index (χ3v) is 21.2. The van der Waals surface area contributed by atoms with Gasteiger partial charge in [-0.25, -0.2) is 9.97 Å². The molecule has 504 valence electrons. The minimum absolute atomic E-state index is 0.114. The number of pyridine rings is 3.